The highest BCUT2D eigenvalue weighted by atomic mass is 35.5. The van der Waals surface area contributed by atoms with Crippen molar-refractivity contribution in [1.82, 2.24) is 4.31 Å². The molecule has 6 nitrogen and oxygen atoms in total. The van der Waals surface area contributed by atoms with Gasteiger partial charge < -0.3 is 10.4 Å². The summed E-state index contributed by atoms with van der Waals surface area (Å²) in [6.07, 6.45) is -3.23. The second kappa shape index (κ2) is 8.93. The molecule has 2 N–H and O–H groups in total. The lowest BCUT2D eigenvalue weighted by Gasteiger charge is -2.20. The molecule has 0 aliphatic carbocycles. The number of benzene rings is 2. The van der Waals surface area contributed by atoms with Crippen LogP contribution in [0.3, 0.4) is 0 Å². The molecule has 1 fully saturated rings. The molecule has 0 aromatic heterocycles. The van der Waals surface area contributed by atoms with Gasteiger partial charge in [0, 0.05) is 24.3 Å². The average Bonchev–Trinajstić information content (AvgIpc) is 2.86. The van der Waals surface area contributed by atoms with Crippen LogP contribution in [0, 0.1) is 11.6 Å². The maximum atomic E-state index is 14.3. The van der Waals surface area contributed by atoms with E-state index in [1.54, 1.807) is 0 Å². The lowest BCUT2D eigenvalue weighted by molar-refractivity contribution is 0.0757. The van der Waals surface area contributed by atoms with Crippen LogP contribution >= 0.6 is 11.6 Å². The lowest BCUT2D eigenvalue weighted by Crippen LogP contribution is -2.33. The van der Waals surface area contributed by atoms with Crippen LogP contribution in [0.2, 0.25) is 5.02 Å². The van der Waals surface area contributed by atoms with E-state index in [0.717, 1.165) is 28.6 Å². The summed E-state index contributed by atoms with van der Waals surface area (Å²) in [5, 5.41) is 11.8. The van der Waals surface area contributed by atoms with E-state index >= 15 is 0 Å². The standard InChI is InChI=1S/C19H18ClF3N2O4S/c20-13-10-12(2-4-14(13)21)24-19(27)11-1-3-16(23)18(9-11)30(28,29)25-7-5-15(22)17(26)6-8-25/h1-4,9-10,15,17,26H,5-8H2,(H,24,27). The third-order valence-electron chi connectivity index (χ3n) is 4.73. The second-order valence-electron chi connectivity index (χ2n) is 6.79. The Bertz CT molecular complexity index is 1060. The average molecular weight is 463 g/mol. The molecule has 1 heterocycles. The summed E-state index contributed by atoms with van der Waals surface area (Å²) in [6, 6.07) is 6.29. The lowest BCUT2D eigenvalue weighted by atomic mass is 10.1. The Kier molecular flexibility index (Phi) is 6.71. The number of carbonyl (C=O) groups excluding carboxylic acids is 1. The summed E-state index contributed by atoms with van der Waals surface area (Å²) in [4.78, 5) is 11.7. The molecule has 3 rings (SSSR count). The molecule has 162 valence electrons. The summed E-state index contributed by atoms with van der Waals surface area (Å²) in [6.45, 7) is -0.418. The molecule has 2 atom stereocenters. The second-order valence-corrected chi connectivity index (χ2v) is 9.11. The number of amides is 1. The van der Waals surface area contributed by atoms with E-state index in [-0.39, 0.29) is 42.2 Å². The Hall–Kier alpha value is -2.14. The molecule has 30 heavy (non-hydrogen) atoms. The van der Waals surface area contributed by atoms with Gasteiger partial charge in [-0.3, -0.25) is 4.79 Å². The van der Waals surface area contributed by atoms with E-state index in [2.05, 4.69) is 5.32 Å². The van der Waals surface area contributed by atoms with Crippen molar-refractivity contribution in [2.45, 2.75) is 30.0 Å². The summed E-state index contributed by atoms with van der Waals surface area (Å²) < 4.78 is 67.9. The third kappa shape index (κ3) is 4.77. The first-order valence-corrected chi connectivity index (χ1v) is 10.8. The summed E-state index contributed by atoms with van der Waals surface area (Å²) in [7, 11) is -4.37. The van der Waals surface area contributed by atoms with E-state index < -0.39 is 44.7 Å². The van der Waals surface area contributed by atoms with Gasteiger partial charge in [-0.25, -0.2) is 21.6 Å². The van der Waals surface area contributed by atoms with Gasteiger partial charge in [0.25, 0.3) is 5.91 Å². The van der Waals surface area contributed by atoms with Gasteiger partial charge in [0.15, 0.2) is 0 Å². The number of hydrogen-bond donors (Lipinski definition) is 2. The van der Waals surface area contributed by atoms with Gasteiger partial charge >= 0.3 is 0 Å². The first-order valence-electron chi connectivity index (χ1n) is 8.98. The van der Waals surface area contributed by atoms with Crippen molar-refractivity contribution in [3.05, 3.63) is 58.6 Å². The normalized spacial score (nSPS) is 20.6. The molecule has 1 amide bonds. The first-order chi connectivity index (χ1) is 14.1. The topological polar surface area (TPSA) is 86.7 Å². The number of hydrogen-bond acceptors (Lipinski definition) is 4. The van der Waals surface area contributed by atoms with Crippen LogP contribution in [-0.4, -0.2) is 49.1 Å². The summed E-state index contributed by atoms with van der Waals surface area (Å²) in [5.74, 6) is -2.51. The van der Waals surface area contributed by atoms with Crippen molar-refractivity contribution < 1.29 is 31.5 Å². The molecule has 0 saturated carbocycles. The molecule has 0 radical (unpaired) electrons. The number of alkyl halides is 1. The molecular formula is C19H18ClF3N2O4S. The fraction of sp³-hybridized carbons (Fsp3) is 0.316. The molecule has 0 spiro atoms. The van der Waals surface area contributed by atoms with Crippen molar-refractivity contribution in [2.75, 3.05) is 18.4 Å². The predicted molar refractivity (Wildman–Crippen MR) is 105 cm³/mol. The highest BCUT2D eigenvalue weighted by Gasteiger charge is 2.33. The van der Waals surface area contributed by atoms with E-state index in [1.807, 2.05) is 0 Å². The smallest absolute Gasteiger partial charge is 0.255 e. The quantitative estimate of drug-likeness (QED) is 0.729. The van der Waals surface area contributed by atoms with Crippen LogP contribution in [0.25, 0.3) is 0 Å². The molecule has 2 aromatic rings. The summed E-state index contributed by atoms with van der Waals surface area (Å²) in [5.41, 5.74) is 0.00396. The van der Waals surface area contributed by atoms with Gasteiger partial charge in [0.05, 0.1) is 11.1 Å². The Morgan fingerprint density at radius 3 is 2.47 bits per heavy atom. The molecule has 0 bridgehead atoms. The number of aliphatic hydroxyl groups is 1. The van der Waals surface area contributed by atoms with Gasteiger partial charge in [0.1, 0.15) is 22.7 Å². The minimum Gasteiger partial charge on any atom is -0.390 e. The van der Waals surface area contributed by atoms with Gasteiger partial charge in [-0.1, -0.05) is 11.6 Å². The van der Waals surface area contributed by atoms with Crippen LogP contribution in [-0.2, 0) is 10.0 Å². The number of halogens is 4. The van der Waals surface area contributed by atoms with Crippen molar-refractivity contribution >= 4 is 33.2 Å². The van der Waals surface area contributed by atoms with E-state index in [0.29, 0.717) is 0 Å². The number of carbonyl (C=O) groups is 1. The molecule has 1 aliphatic heterocycles. The molecular weight excluding hydrogens is 445 g/mol. The zero-order valence-corrected chi connectivity index (χ0v) is 17.1. The van der Waals surface area contributed by atoms with Crippen molar-refractivity contribution in [1.29, 1.82) is 0 Å². The molecule has 2 unspecified atom stereocenters. The monoisotopic (exact) mass is 462 g/mol. The maximum absolute atomic E-state index is 14.3. The maximum Gasteiger partial charge on any atom is 0.255 e. The van der Waals surface area contributed by atoms with Crippen LogP contribution in [0.4, 0.5) is 18.9 Å². The molecule has 11 heteroatoms. The highest BCUT2D eigenvalue weighted by Crippen LogP contribution is 2.26. The highest BCUT2D eigenvalue weighted by molar-refractivity contribution is 7.89. The van der Waals surface area contributed by atoms with Crippen LogP contribution in [0.5, 0.6) is 0 Å². The number of aliphatic hydroxyl groups excluding tert-OH is 1. The van der Waals surface area contributed by atoms with Crippen LogP contribution < -0.4 is 5.32 Å². The van der Waals surface area contributed by atoms with Gasteiger partial charge in [-0.2, -0.15) is 4.31 Å². The first kappa shape index (κ1) is 22.5. The van der Waals surface area contributed by atoms with Crippen LogP contribution in [0.15, 0.2) is 41.3 Å². The zero-order valence-electron chi connectivity index (χ0n) is 15.5. The Morgan fingerprint density at radius 2 is 1.77 bits per heavy atom. The third-order valence-corrected chi connectivity index (χ3v) is 6.94. The zero-order chi connectivity index (χ0) is 22.1. The molecule has 2 aromatic carbocycles. The number of sulfonamides is 1. The Labute approximate surface area is 176 Å². The van der Waals surface area contributed by atoms with Crippen LogP contribution in [0.1, 0.15) is 23.2 Å². The van der Waals surface area contributed by atoms with E-state index in [9.17, 15) is 31.5 Å². The van der Waals surface area contributed by atoms with E-state index in [4.69, 9.17) is 11.6 Å². The Morgan fingerprint density at radius 1 is 1.10 bits per heavy atom. The minimum absolute atomic E-state index is 0.131. The predicted octanol–water partition coefficient (Wildman–Crippen LogP) is 3.35. The SMILES string of the molecule is O=C(Nc1ccc(F)c(Cl)c1)c1ccc(F)c(S(=O)(=O)N2CCC(O)C(F)CC2)c1. The summed E-state index contributed by atoms with van der Waals surface area (Å²) >= 11 is 5.66. The van der Waals surface area contributed by atoms with Crippen molar-refractivity contribution in [3.8, 4) is 0 Å². The largest absolute Gasteiger partial charge is 0.390 e. The molecule has 1 aliphatic rings. The van der Waals surface area contributed by atoms with Gasteiger partial charge in [0.2, 0.25) is 10.0 Å². The minimum atomic E-state index is -4.37. The fourth-order valence-electron chi connectivity index (χ4n) is 3.03. The van der Waals surface area contributed by atoms with Crippen molar-refractivity contribution in [3.63, 3.8) is 0 Å². The van der Waals surface area contributed by atoms with Gasteiger partial charge in [-0.15, -0.1) is 0 Å². The fourth-order valence-corrected chi connectivity index (χ4v) is 4.77. The Balaban J connectivity index is 1.86. The number of anilines is 1. The van der Waals surface area contributed by atoms with Crippen molar-refractivity contribution in [2.24, 2.45) is 0 Å². The number of nitrogens with zero attached hydrogens (tertiary/aromatic N) is 1. The number of rotatable bonds is 4. The van der Waals surface area contributed by atoms with Gasteiger partial charge in [-0.05, 0) is 49.2 Å². The molecule has 1 saturated heterocycles. The number of nitrogens with one attached hydrogen (secondary N) is 1. The van der Waals surface area contributed by atoms with E-state index in [1.165, 1.54) is 12.1 Å².